The molecule has 0 bridgehead atoms. The van der Waals surface area contributed by atoms with Crippen LogP contribution in [0.2, 0.25) is 5.02 Å². The number of benzene rings is 1. The minimum absolute atomic E-state index is 0.0357. The zero-order chi connectivity index (χ0) is 13.2. The molecule has 2 rings (SSSR count). The molecule has 1 aliphatic carbocycles. The number of hydrogen-bond donors (Lipinski definition) is 0. The molecule has 18 heavy (non-hydrogen) atoms. The van der Waals surface area contributed by atoms with Crippen LogP contribution in [0.4, 0.5) is 0 Å². The Labute approximate surface area is 119 Å². The smallest absolute Gasteiger partial charge is 0.123 e. The van der Waals surface area contributed by atoms with Crippen LogP contribution in [0.15, 0.2) is 18.2 Å². The molecule has 3 heteroatoms. The minimum atomic E-state index is -0.0357. The molecule has 1 atom stereocenters. The van der Waals surface area contributed by atoms with Gasteiger partial charge in [0.15, 0.2) is 0 Å². The maximum absolute atomic E-state index is 6.74. The Kier molecular flexibility index (Phi) is 4.45. The van der Waals surface area contributed by atoms with Crippen molar-refractivity contribution in [3.8, 4) is 5.75 Å². The third-order valence-electron chi connectivity index (χ3n) is 4.07. The van der Waals surface area contributed by atoms with E-state index in [0.29, 0.717) is 0 Å². The van der Waals surface area contributed by atoms with Crippen molar-refractivity contribution in [2.75, 3.05) is 7.11 Å². The zero-order valence-electron chi connectivity index (χ0n) is 11.0. The molecule has 0 saturated heterocycles. The first-order chi connectivity index (χ1) is 8.57. The van der Waals surface area contributed by atoms with Crippen LogP contribution in [0.5, 0.6) is 5.75 Å². The molecule has 1 aromatic rings. The summed E-state index contributed by atoms with van der Waals surface area (Å²) in [6.45, 7) is 2.28. The minimum Gasteiger partial charge on any atom is -0.496 e. The molecule has 0 aliphatic heterocycles. The van der Waals surface area contributed by atoms with Gasteiger partial charge in [0.1, 0.15) is 5.75 Å². The number of ether oxygens (including phenoxy) is 1. The fourth-order valence-electron chi connectivity index (χ4n) is 2.89. The van der Waals surface area contributed by atoms with E-state index in [1.54, 1.807) is 7.11 Å². The summed E-state index contributed by atoms with van der Waals surface area (Å²) in [7, 11) is 1.68. The summed E-state index contributed by atoms with van der Waals surface area (Å²) in [5, 5.41) is 0.683. The summed E-state index contributed by atoms with van der Waals surface area (Å²) in [6, 6.07) is 5.69. The van der Waals surface area contributed by atoms with Gasteiger partial charge in [-0.2, -0.15) is 0 Å². The molecule has 0 amide bonds. The van der Waals surface area contributed by atoms with Crippen LogP contribution in [0, 0.1) is 5.41 Å². The van der Waals surface area contributed by atoms with Gasteiger partial charge in [-0.3, -0.25) is 0 Å². The van der Waals surface area contributed by atoms with Crippen molar-refractivity contribution in [2.24, 2.45) is 5.41 Å². The van der Waals surface area contributed by atoms with Crippen molar-refractivity contribution in [2.45, 2.75) is 44.4 Å². The van der Waals surface area contributed by atoms with Gasteiger partial charge in [-0.1, -0.05) is 37.8 Å². The third-order valence-corrected chi connectivity index (χ3v) is 5.07. The zero-order valence-corrected chi connectivity index (χ0v) is 12.5. The van der Waals surface area contributed by atoms with Crippen LogP contribution in [0.25, 0.3) is 0 Å². The maximum Gasteiger partial charge on any atom is 0.123 e. The molecular weight excluding hydrogens is 267 g/mol. The summed E-state index contributed by atoms with van der Waals surface area (Å²) in [5.74, 6) is 0.839. The molecule has 0 spiro atoms. The monoisotopic (exact) mass is 286 g/mol. The highest BCUT2D eigenvalue weighted by Crippen LogP contribution is 2.51. The molecule has 0 aromatic heterocycles. The van der Waals surface area contributed by atoms with Gasteiger partial charge < -0.3 is 4.74 Å². The first-order valence-corrected chi connectivity index (χ1v) is 7.36. The second-order valence-electron chi connectivity index (χ2n) is 5.46. The van der Waals surface area contributed by atoms with Gasteiger partial charge in [0.25, 0.3) is 0 Å². The van der Waals surface area contributed by atoms with Gasteiger partial charge in [0.05, 0.1) is 12.5 Å². The molecule has 100 valence electrons. The quantitative estimate of drug-likeness (QED) is 0.657. The second kappa shape index (κ2) is 5.71. The molecule has 0 N–H and O–H groups in total. The van der Waals surface area contributed by atoms with E-state index in [1.807, 2.05) is 18.2 Å². The first-order valence-electron chi connectivity index (χ1n) is 6.54. The van der Waals surface area contributed by atoms with Gasteiger partial charge >= 0.3 is 0 Å². The molecule has 1 aromatic carbocycles. The largest absolute Gasteiger partial charge is 0.496 e. The fourth-order valence-corrected chi connectivity index (χ4v) is 3.46. The number of halogens is 2. The Morgan fingerprint density at radius 3 is 2.50 bits per heavy atom. The van der Waals surface area contributed by atoms with Crippen molar-refractivity contribution in [3.05, 3.63) is 28.8 Å². The van der Waals surface area contributed by atoms with Gasteiger partial charge in [0, 0.05) is 10.6 Å². The highest BCUT2D eigenvalue weighted by Gasteiger charge is 2.36. The van der Waals surface area contributed by atoms with Gasteiger partial charge in [-0.05, 0) is 36.5 Å². The predicted octanol–water partition coefficient (Wildman–Crippen LogP) is 5.60. The topological polar surface area (TPSA) is 9.23 Å². The van der Waals surface area contributed by atoms with Crippen LogP contribution in [-0.2, 0) is 0 Å². The van der Waals surface area contributed by atoms with E-state index < -0.39 is 0 Å². The Balaban J connectivity index is 2.32. The lowest BCUT2D eigenvalue weighted by Crippen LogP contribution is -2.25. The normalized spacial score (nSPS) is 20.4. The molecule has 1 nitrogen and oxygen atoms in total. The van der Waals surface area contributed by atoms with Crippen LogP contribution < -0.4 is 4.74 Å². The predicted molar refractivity (Wildman–Crippen MR) is 77.8 cm³/mol. The Morgan fingerprint density at radius 2 is 1.89 bits per heavy atom. The van der Waals surface area contributed by atoms with E-state index in [9.17, 15) is 0 Å². The van der Waals surface area contributed by atoms with Crippen molar-refractivity contribution in [3.63, 3.8) is 0 Å². The molecule has 1 fully saturated rings. The van der Waals surface area contributed by atoms with Crippen LogP contribution in [0.1, 0.15) is 50.0 Å². The Bertz CT molecular complexity index is 411. The fraction of sp³-hybridized carbons (Fsp3) is 0.600. The number of hydrogen-bond acceptors (Lipinski definition) is 1. The summed E-state index contributed by atoms with van der Waals surface area (Å²) in [4.78, 5) is 0. The Hall–Kier alpha value is -0.400. The van der Waals surface area contributed by atoms with E-state index in [0.717, 1.165) is 16.3 Å². The second-order valence-corrected chi connectivity index (χ2v) is 6.34. The molecule has 1 saturated carbocycles. The first kappa shape index (κ1) is 14.0. The SMILES string of the molecule is COc1ccc(Cl)cc1C(Cl)C1(C)CCCCC1. The Morgan fingerprint density at radius 1 is 1.22 bits per heavy atom. The lowest BCUT2D eigenvalue weighted by Gasteiger charge is -2.38. The standard InChI is InChI=1S/C15H20Cl2O/c1-15(8-4-3-5-9-15)14(17)12-10-11(16)6-7-13(12)18-2/h6-7,10,14H,3-5,8-9H2,1-2H3. The van der Waals surface area contributed by atoms with E-state index in [1.165, 1.54) is 32.1 Å². The molecule has 1 aliphatic rings. The average Bonchev–Trinajstić information content (AvgIpc) is 2.38. The molecule has 1 unspecified atom stereocenters. The summed E-state index contributed by atoms with van der Waals surface area (Å²) < 4.78 is 5.41. The summed E-state index contributed by atoms with van der Waals surface area (Å²) in [6.07, 6.45) is 6.21. The third kappa shape index (κ3) is 2.78. The van der Waals surface area contributed by atoms with Crippen LogP contribution in [0.3, 0.4) is 0 Å². The van der Waals surface area contributed by atoms with Crippen molar-refractivity contribution >= 4 is 23.2 Å². The maximum atomic E-state index is 6.74. The number of alkyl halides is 1. The summed E-state index contributed by atoms with van der Waals surface area (Å²) in [5.41, 5.74) is 1.17. The van der Waals surface area contributed by atoms with E-state index >= 15 is 0 Å². The molecule has 0 radical (unpaired) electrons. The average molecular weight is 287 g/mol. The van der Waals surface area contributed by atoms with E-state index in [-0.39, 0.29) is 10.8 Å². The lowest BCUT2D eigenvalue weighted by atomic mass is 9.71. The van der Waals surface area contributed by atoms with Gasteiger partial charge in [-0.25, -0.2) is 0 Å². The number of methoxy groups -OCH3 is 1. The lowest BCUT2D eigenvalue weighted by molar-refractivity contribution is 0.204. The molecule has 0 heterocycles. The van der Waals surface area contributed by atoms with E-state index in [2.05, 4.69) is 6.92 Å². The highest BCUT2D eigenvalue weighted by molar-refractivity contribution is 6.31. The van der Waals surface area contributed by atoms with Crippen molar-refractivity contribution in [1.82, 2.24) is 0 Å². The number of rotatable bonds is 3. The highest BCUT2D eigenvalue weighted by atomic mass is 35.5. The van der Waals surface area contributed by atoms with Crippen molar-refractivity contribution in [1.29, 1.82) is 0 Å². The van der Waals surface area contributed by atoms with Gasteiger partial charge in [-0.15, -0.1) is 11.6 Å². The van der Waals surface area contributed by atoms with Crippen LogP contribution in [-0.4, -0.2) is 7.11 Å². The van der Waals surface area contributed by atoms with Crippen LogP contribution >= 0.6 is 23.2 Å². The van der Waals surface area contributed by atoms with Gasteiger partial charge in [0.2, 0.25) is 0 Å². The summed E-state index contributed by atoms with van der Waals surface area (Å²) >= 11 is 12.8. The van der Waals surface area contributed by atoms with Crippen molar-refractivity contribution < 1.29 is 4.74 Å². The molecular formula is C15H20Cl2O. The van der Waals surface area contributed by atoms with E-state index in [4.69, 9.17) is 27.9 Å².